The van der Waals surface area contributed by atoms with E-state index >= 15 is 0 Å². The van der Waals surface area contributed by atoms with Gasteiger partial charge in [0.05, 0.1) is 0 Å². The quantitative estimate of drug-likeness (QED) is 0.432. The molecule has 2 nitrogen and oxygen atoms in total. The zero-order chi connectivity index (χ0) is 9.68. The molecule has 1 aromatic heterocycles. The van der Waals surface area contributed by atoms with Crippen LogP contribution in [0, 0.1) is 0 Å². The van der Waals surface area contributed by atoms with Crippen LogP contribution in [0.1, 0.15) is 11.8 Å². The van der Waals surface area contributed by atoms with Crippen LogP contribution in [-0.2, 0) is 4.79 Å². The SMILES string of the molecule is CC(=C/C(=O)O)/C=C/c1cccs1.[Na+]. The summed E-state index contributed by atoms with van der Waals surface area (Å²) in [4.78, 5) is 11.4. The average molecular weight is 217 g/mol. The number of allylic oxidation sites excluding steroid dienone is 2. The third-order valence-corrected chi connectivity index (χ3v) is 2.24. The van der Waals surface area contributed by atoms with Gasteiger partial charge in [0.2, 0.25) is 0 Å². The molecule has 1 heterocycles. The first-order chi connectivity index (χ1) is 6.18. The molecule has 0 aliphatic carbocycles. The Labute approximate surface area is 109 Å². The van der Waals surface area contributed by atoms with Crippen molar-refractivity contribution in [2.75, 3.05) is 0 Å². The summed E-state index contributed by atoms with van der Waals surface area (Å²) in [6, 6.07) is 3.94. The summed E-state index contributed by atoms with van der Waals surface area (Å²) in [5.41, 5.74) is 0.737. The van der Waals surface area contributed by atoms with Crippen LogP contribution < -0.4 is 29.6 Å². The van der Waals surface area contributed by atoms with Gasteiger partial charge in [-0.15, -0.1) is 11.3 Å². The number of carboxylic acids is 1. The van der Waals surface area contributed by atoms with Gasteiger partial charge in [0.25, 0.3) is 0 Å². The van der Waals surface area contributed by atoms with Crippen molar-refractivity contribution < 1.29 is 39.5 Å². The van der Waals surface area contributed by atoms with Crippen molar-refractivity contribution in [2.24, 2.45) is 0 Å². The first-order valence-corrected chi connectivity index (χ1v) is 4.69. The zero-order valence-corrected chi connectivity index (χ0v) is 11.0. The second-order valence-electron chi connectivity index (χ2n) is 2.58. The van der Waals surface area contributed by atoms with Crippen molar-refractivity contribution in [1.82, 2.24) is 0 Å². The second kappa shape index (κ2) is 7.01. The van der Waals surface area contributed by atoms with E-state index in [-0.39, 0.29) is 29.6 Å². The summed E-state index contributed by atoms with van der Waals surface area (Å²) < 4.78 is 0. The molecule has 0 unspecified atom stereocenters. The average Bonchev–Trinajstić information content (AvgIpc) is 2.51. The molecule has 14 heavy (non-hydrogen) atoms. The fraction of sp³-hybridized carbons (Fsp3) is 0.100. The Balaban J connectivity index is 0.00000169. The molecule has 0 saturated heterocycles. The van der Waals surface area contributed by atoms with E-state index in [4.69, 9.17) is 5.11 Å². The third-order valence-electron chi connectivity index (χ3n) is 1.40. The summed E-state index contributed by atoms with van der Waals surface area (Å²) in [6.45, 7) is 1.76. The maximum Gasteiger partial charge on any atom is 1.00 e. The predicted octanol–water partition coefficient (Wildman–Crippen LogP) is -0.204. The number of rotatable bonds is 3. The molecule has 0 bridgehead atoms. The Hall–Kier alpha value is -0.350. The van der Waals surface area contributed by atoms with Crippen LogP contribution in [-0.4, -0.2) is 11.1 Å². The first-order valence-electron chi connectivity index (χ1n) is 3.81. The van der Waals surface area contributed by atoms with E-state index in [0.717, 1.165) is 10.5 Å². The molecule has 0 radical (unpaired) electrons. The van der Waals surface area contributed by atoms with Crippen molar-refractivity contribution >= 4 is 23.4 Å². The minimum Gasteiger partial charge on any atom is -0.478 e. The van der Waals surface area contributed by atoms with Crippen molar-refractivity contribution in [1.29, 1.82) is 0 Å². The van der Waals surface area contributed by atoms with E-state index in [1.54, 1.807) is 24.3 Å². The summed E-state index contributed by atoms with van der Waals surface area (Å²) in [6.07, 6.45) is 4.88. The van der Waals surface area contributed by atoms with Gasteiger partial charge in [0, 0.05) is 11.0 Å². The van der Waals surface area contributed by atoms with Crippen LogP contribution in [0.15, 0.2) is 35.2 Å². The molecule has 68 valence electrons. The van der Waals surface area contributed by atoms with E-state index in [0.29, 0.717) is 0 Å². The van der Waals surface area contributed by atoms with E-state index in [9.17, 15) is 4.79 Å². The molecule has 1 rings (SSSR count). The van der Waals surface area contributed by atoms with Crippen LogP contribution >= 0.6 is 11.3 Å². The Morgan fingerprint density at radius 1 is 1.57 bits per heavy atom. The van der Waals surface area contributed by atoms with Crippen molar-refractivity contribution in [3.8, 4) is 0 Å². The normalized spacial score (nSPS) is 11.4. The van der Waals surface area contributed by atoms with Gasteiger partial charge < -0.3 is 5.11 Å². The molecule has 4 heteroatoms. The zero-order valence-electron chi connectivity index (χ0n) is 8.23. The number of hydrogen-bond donors (Lipinski definition) is 1. The number of hydrogen-bond acceptors (Lipinski definition) is 2. The molecule has 0 fully saturated rings. The standard InChI is InChI=1S/C10H10O2S.Na/c1-8(7-10(11)12)4-5-9-3-2-6-13-9;/h2-7H,1H3,(H,11,12);/q;+1/b5-4+,8-7-;. The summed E-state index contributed by atoms with van der Waals surface area (Å²) in [7, 11) is 0. The Kier molecular flexibility index (Phi) is 6.83. The predicted molar refractivity (Wildman–Crippen MR) is 54.7 cm³/mol. The largest absolute Gasteiger partial charge is 1.00 e. The topological polar surface area (TPSA) is 37.3 Å². The van der Waals surface area contributed by atoms with E-state index in [1.165, 1.54) is 6.08 Å². The Morgan fingerprint density at radius 3 is 2.79 bits per heavy atom. The maximum absolute atomic E-state index is 10.3. The van der Waals surface area contributed by atoms with E-state index < -0.39 is 5.97 Å². The van der Waals surface area contributed by atoms with Crippen molar-refractivity contribution in [3.63, 3.8) is 0 Å². The number of thiophene rings is 1. The molecule has 0 saturated carbocycles. The summed E-state index contributed by atoms with van der Waals surface area (Å²) in [5.74, 6) is -0.909. The molecular weight excluding hydrogens is 207 g/mol. The van der Waals surface area contributed by atoms with Crippen molar-refractivity contribution in [3.05, 3.63) is 40.1 Å². The first kappa shape index (κ1) is 13.7. The maximum atomic E-state index is 10.3. The summed E-state index contributed by atoms with van der Waals surface area (Å²) >= 11 is 1.62. The Morgan fingerprint density at radius 2 is 2.29 bits per heavy atom. The van der Waals surface area contributed by atoms with Gasteiger partial charge in [-0.2, -0.15) is 0 Å². The molecule has 1 N–H and O–H groups in total. The number of aliphatic carboxylic acids is 1. The van der Waals surface area contributed by atoms with Gasteiger partial charge in [-0.1, -0.05) is 12.1 Å². The molecule has 1 aromatic rings. The van der Waals surface area contributed by atoms with Gasteiger partial charge in [-0.25, -0.2) is 4.79 Å². The Bertz CT molecular complexity index is 339. The molecule has 0 atom stereocenters. The number of carboxylic acid groups (broad SMARTS) is 1. The van der Waals surface area contributed by atoms with Crippen LogP contribution in [0.3, 0.4) is 0 Å². The van der Waals surface area contributed by atoms with Gasteiger partial charge in [-0.05, 0) is 30.0 Å². The van der Waals surface area contributed by atoms with E-state index in [1.807, 2.05) is 23.6 Å². The molecule has 0 aliphatic rings. The molecule has 0 amide bonds. The van der Waals surface area contributed by atoms with Gasteiger partial charge >= 0.3 is 35.5 Å². The van der Waals surface area contributed by atoms with Gasteiger partial charge in [0.1, 0.15) is 0 Å². The van der Waals surface area contributed by atoms with Crippen LogP contribution in [0.5, 0.6) is 0 Å². The minimum absolute atomic E-state index is 0. The van der Waals surface area contributed by atoms with Crippen molar-refractivity contribution in [2.45, 2.75) is 6.92 Å². The van der Waals surface area contributed by atoms with Crippen LogP contribution in [0.25, 0.3) is 6.08 Å². The second-order valence-corrected chi connectivity index (χ2v) is 3.55. The molecule has 0 aliphatic heterocycles. The molecule has 0 aromatic carbocycles. The van der Waals surface area contributed by atoms with Crippen LogP contribution in [0.4, 0.5) is 0 Å². The number of carbonyl (C=O) groups is 1. The molecule has 0 spiro atoms. The molecular formula is C10H10NaO2S+. The van der Waals surface area contributed by atoms with Gasteiger partial charge in [0.15, 0.2) is 0 Å². The fourth-order valence-electron chi connectivity index (χ4n) is 0.843. The van der Waals surface area contributed by atoms with Gasteiger partial charge in [-0.3, -0.25) is 0 Å². The monoisotopic (exact) mass is 217 g/mol. The minimum atomic E-state index is -0.909. The van der Waals surface area contributed by atoms with E-state index in [2.05, 4.69) is 0 Å². The smallest absolute Gasteiger partial charge is 0.478 e. The fourth-order valence-corrected chi connectivity index (χ4v) is 1.46. The van der Waals surface area contributed by atoms with Crippen LogP contribution in [0.2, 0.25) is 0 Å². The third kappa shape index (κ3) is 5.40. The summed E-state index contributed by atoms with van der Waals surface area (Å²) in [5, 5.41) is 10.4.